The zero-order chi connectivity index (χ0) is 25.0. The molecule has 0 saturated carbocycles. The van der Waals surface area contributed by atoms with Crippen LogP contribution in [0.1, 0.15) is 54.6 Å². The molecule has 0 bridgehead atoms. The summed E-state index contributed by atoms with van der Waals surface area (Å²) in [6, 6.07) is 0. The molecule has 15 heteroatoms. The highest BCUT2D eigenvalue weighted by Gasteiger charge is 2.21. The molecule has 0 saturated heterocycles. The number of nitrogens with zero attached hydrogens (tertiary/aromatic N) is 2. The predicted octanol–water partition coefficient (Wildman–Crippen LogP) is 1.37. The van der Waals surface area contributed by atoms with Crippen LogP contribution in [-0.4, -0.2) is 55.5 Å². The Balaban J connectivity index is 0.00000432. The smallest absolute Gasteiger partial charge is 0.274 e. The first-order valence-corrected chi connectivity index (χ1v) is 10.2. The minimum Gasteiger partial charge on any atom is -0.409 e. The lowest BCUT2D eigenvalue weighted by atomic mass is 10.2. The van der Waals surface area contributed by atoms with Crippen LogP contribution < -0.4 is 27.4 Å². The third kappa shape index (κ3) is 5.73. The van der Waals surface area contributed by atoms with E-state index in [0.29, 0.717) is 28.1 Å². The van der Waals surface area contributed by atoms with Crippen LogP contribution in [0.4, 0.5) is 17.2 Å². The summed E-state index contributed by atoms with van der Waals surface area (Å²) in [5.41, 5.74) is 14.2. The van der Waals surface area contributed by atoms with Crippen molar-refractivity contribution in [3.8, 4) is 0 Å². The van der Waals surface area contributed by atoms with Gasteiger partial charge in [-0.3, -0.25) is 19.5 Å². The van der Waals surface area contributed by atoms with Crippen molar-refractivity contribution < 1.29 is 19.6 Å². The molecule has 14 nitrogen and oxygen atoms in total. The van der Waals surface area contributed by atoms with Gasteiger partial charge in [0.1, 0.15) is 28.7 Å². The molecule has 0 fully saturated rings. The first-order chi connectivity index (χ1) is 16.1. The molecule has 0 aliphatic heterocycles. The van der Waals surface area contributed by atoms with Gasteiger partial charge in [-0.1, -0.05) is 5.16 Å². The van der Waals surface area contributed by atoms with E-state index in [1.165, 1.54) is 12.4 Å². The van der Waals surface area contributed by atoms with E-state index < -0.39 is 17.7 Å². The molecule has 0 aliphatic carbocycles. The van der Waals surface area contributed by atoms with E-state index in [-0.39, 0.29) is 54.1 Å². The lowest BCUT2D eigenvalue weighted by Crippen LogP contribution is -2.28. The lowest BCUT2D eigenvalue weighted by Gasteiger charge is -2.07. The highest BCUT2D eigenvalue weighted by Crippen LogP contribution is 2.23. The van der Waals surface area contributed by atoms with Gasteiger partial charge in [0.05, 0.1) is 11.4 Å². The van der Waals surface area contributed by atoms with Gasteiger partial charge in [0.2, 0.25) is 0 Å². The van der Waals surface area contributed by atoms with Gasteiger partial charge >= 0.3 is 0 Å². The summed E-state index contributed by atoms with van der Waals surface area (Å²) in [5, 5.41) is 25.8. The Morgan fingerprint density at radius 1 is 0.943 bits per heavy atom. The predicted molar refractivity (Wildman–Crippen MR) is 132 cm³/mol. The van der Waals surface area contributed by atoms with Gasteiger partial charge in [-0.05, 0) is 20.8 Å². The van der Waals surface area contributed by atoms with Crippen molar-refractivity contribution in [3.05, 3.63) is 46.2 Å². The Morgan fingerprint density at radius 2 is 1.46 bits per heavy atom. The van der Waals surface area contributed by atoms with Gasteiger partial charge in [-0.25, -0.2) is 0 Å². The third-order valence-electron chi connectivity index (χ3n) is 5.30. The second kappa shape index (κ2) is 11.1. The molecular weight excluding hydrogens is 480 g/mol. The molecule has 0 unspecified atom stereocenters. The Morgan fingerprint density at radius 3 is 1.94 bits per heavy atom. The van der Waals surface area contributed by atoms with E-state index in [0.717, 1.165) is 0 Å². The van der Waals surface area contributed by atoms with E-state index >= 15 is 0 Å². The van der Waals surface area contributed by atoms with Gasteiger partial charge in [0.25, 0.3) is 17.7 Å². The number of rotatable bonds is 8. The second-order valence-corrected chi connectivity index (χ2v) is 7.52. The molecular formula is C20H27ClN10O4. The molecule has 3 aromatic heterocycles. The number of carbonyl (C=O) groups excluding carboxylic acids is 3. The van der Waals surface area contributed by atoms with Crippen LogP contribution in [0.3, 0.4) is 0 Å². The van der Waals surface area contributed by atoms with Gasteiger partial charge in [0.15, 0.2) is 0 Å². The highest BCUT2D eigenvalue weighted by molar-refractivity contribution is 6.09. The number of carbonyl (C=O) groups is 3. The number of nitrogen functional groups attached to an aromatic ring is 1. The van der Waals surface area contributed by atoms with Crippen molar-refractivity contribution in [3.63, 3.8) is 0 Å². The van der Waals surface area contributed by atoms with Crippen LogP contribution in [0.2, 0.25) is 0 Å². The fourth-order valence-corrected chi connectivity index (χ4v) is 3.17. The number of oxime groups is 1. The Hall–Kier alpha value is -4.46. The minimum atomic E-state index is -0.457. The SMILES string of the molecule is Cc1c(NC(=O)c2[nH]cc(NC(=O)c3[nH]nc(N)c3C)c2C)c[nH]c1C(=O)NCCC(N)=NO.Cl. The minimum absolute atomic E-state index is 0. The molecule has 0 radical (unpaired) electrons. The van der Waals surface area contributed by atoms with Crippen LogP contribution in [-0.2, 0) is 0 Å². The molecule has 35 heavy (non-hydrogen) atoms. The van der Waals surface area contributed by atoms with Crippen molar-refractivity contribution in [1.82, 2.24) is 25.5 Å². The largest absolute Gasteiger partial charge is 0.409 e. The van der Waals surface area contributed by atoms with Crippen molar-refractivity contribution >= 4 is 53.2 Å². The highest BCUT2D eigenvalue weighted by atomic mass is 35.5. The van der Waals surface area contributed by atoms with Crippen molar-refractivity contribution in [2.45, 2.75) is 27.2 Å². The van der Waals surface area contributed by atoms with Gasteiger partial charge in [-0.2, -0.15) is 5.10 Å². The Kier molecular flexibility index (Phi) is 8.50. The number of hydrogen-bond donors (Lipinski definition) is 9. The monoisotopic (exact) mass is 506 g/mol. The fraction of sp³-hybridized carbons (Fsp3) is 0.250. The maximum Gasteiger partial charge on any atom is 0.274 e. The molecule has 11 N–H and O–H groups in total. The number of nitrogens with one attached hydrogen (secondary N) is 6. The normalized spacial score (nSPS) is 11.0. The molecule has 0 aliphatic rings. The second-order valence-electron chi connectivity index (χ2n) is 7.52. The van der Waals surface area contributed by atoms with Gasteiger partial charge < -0.3 is 42.6 Å². The number of aromatic nitrogens is 4. The first kappa shape index (κ1) is 26.8. The number of halogens is 1. The maximum absolute atomic E-state index is 12.8. The van der Waals surface area contributed by atoms with E-state index in [4.69, 9.17) is 16.7 Å². The number of amidine groups is 1. The fourth-order valence-electron chi connectivity index (χ4n) is 3.17. The third-order valence-corrected chi connectivity index (χ3v) is 5.30. The van der Waals surface area contributed by atoms with Crippen LogP contribution in [0.5, 0.6) is 0 Å². The van der Waals surface area contributed by atoms with E-state index in [1.54, 1.807) is 20.8 Å². The molecule has 3 rings (SSSR count). The van der Waals surface area contributed by atoms with Crippen LogP contribution in [0, 0.1) is 20.8 Å². The molecule has 3 heterocycles. The summed E-state index contributed by atoms with van der Waals surface area (Å²) < 4.78 is 0. The molecule has 0 aromatic carbocycles. The Labute approximate surface area is 205 Å². The lowest BCUT2D eigenvalue weighted by molar-refractivity contribution is 0.0947. The molecule has 3 aromatic rings. The number of aromatic amines is 3. The summed E-state index contributed by atoms with van der Waals surface area (Å²) >= 11 is 0. The van der Waals surface area contributed by atoms with Crippen molar-refractivity contribution in [2.75, 3.05) is 22.9 Å². The number of amides is 3. The summed E-state index contributed by atoms with van der Waals surface area (Å²) in [5.74, 6) is -1.08. The standard InChI is InChI=1S/C20H26N10O4.ClH/c1-8-11(6-24-14(8)18(31)23-5-4-13(21)30-34)26-19(32)15-9(2)12(7-25-15)27-20(33)16-10(3)17(22)29-28-16;/h6-7,24-25,34H,4-5H2,1-3H3,(H2,21,30)(H,23,31)(H,26,32)(H,27,33)(H3,22,28,29);1H. The quantitative estimate of drug-likeness (QED) is 0.0940. The van der Waals surface area contributed by atoms with E-state index in [2.05, 4.69) is 41.3 Å². The van der Waals surface area contributed by atoms with Gasteiger partial charge in [0, 0.05) is 42.0 Å². The topological polar surface area (TPSA) is 232 Å². The number of hydrogen-bond acceptors (Lipinski definition) is 7. The molecule has 0 atom stereocenters. The number of nitrogens with two attached hydrogens (primary N) is 2. The average Bonchev–Trinajstić information content (AvgIpc) is 3.46. The zero-order valence-electron chi connectivity index (χ0n) is 19.2. The first-order valence-electron chi connectivity index (χ1n) is 10.2. The van der Waals surface area contributed by atoms with Gasteiger partial charge in [-0.15, -0.1) is 12.4 Å². The zero-order valence-corrected chi connectivity index (χ0v) is 20.0. The van der Waals surface area contributed by atoms with Crippen LogP contribution in [0.25, 0.3) is 0 Å². The van der Waals surface area contributed by atoms with E-state index in [1.807, 2.05) is 0 Å². The van der Waals surface area contributed by atoms with Crippen LogP contribution >= 0.6 is 12.4 Å². The molecule has 0 spiro atoms. The van der Waals surface area contributed by atoms with Crippen LogP contribution in [0.15, 0.2) is 17.5 Å². The summed E-state index contributed by atoms with van der Waals surface area (Å²) in [6.07, 6.45) is 3.18. The summed E-state index contributed by atoms with van der Waals surface area (Å²) in [4.78, 5) is 43.3. The number of anilines is 3. The average molecular weight is 507 g/mol. The number of H-pyrrole nitrogens is 3. The Bertz CT molecular complexity index is 1270. The molecule has 188 valence electrons. The van der Waals surface area contributed by atoms with Crippen molar-refractivity contribution in [1.29, 1.82) is 0 Å². The maximum atomic E-state index is 12.8. The summed E-state index contributed by atoms with van der Waals surface area (Å²) in [6.45, 7) is 5.20. The van der Waals surface area contributed by atoms with E-state index in [9.17, 15) is 14.4 Å². The molecule has 3 amide bonds. The van der Waals surface area contributed by atoms with Crippen molar-refractivity contribution in [2.24, 2.45) is 10.9 Å². The summed E-state index contributed by atoms with van der Waals surface area (Å²) in [7, 11) is 0.